The maximum absolute atomic E-state index is 11.5. The van der Waals surface area contributed by atoms with Crippen molar-refractivity contribution in [2.24, 2.45) is 0 Å². The number of nitrogens with two attached hydrogens (primary N) is 1. The van der Waals surface area contributed by atoms with Crippen molar-refractivity contribution < 1.29 is 13.2 Å². The third kappa shape index (κ3) is 3.77. The molecule has 0 bridgehead atoms. The number of hydrogen-bond donors (Lipinski definition) is 3. The lowest BCUT2D eigenvalue weighted by Crippen LogP contribution is -2.38. The van der Waals surface area contributed by atoms with Crippen molar-refractivity contribution in [1.82, 2.24) is 10.0 Å². The molecule has 88 valence electrons. The maximum Gasteiger partial charge on any atom is 0.328 e. The first kappa shape index (κ1) is 12.3. The summed E-state index contributed by atoms with van der Waals surface area (Å²) >= 11 is 0. The number of benzene rings is 1. The van der Waals surface area contributed by atoms with E-state index in [1.54, 1.807) is 24.3 Å². The second kappa shape index (κ2) is 4.84. The smallest absolute Gasteiger partial charge is 0.328 e. The molecule has 7 heteroatoms. The molecule has 0 unspecified atom stereocenters. The van der Waals surface area contributed by atoms with E-state index < -0.39 is 16.1 Å². The van der Waals surface area contributed by atoms with E-state index in [0.717, 1.165) is 0 Å². The third-order valence-electron chi connectivity index (χ3n) is 1.78. The molecule has 1 aromatic rings. The highest BCUT2D eigenvalue weighted by atomic mass is 32.2. The predicted molar refractivity (Wildman–Crippen MR) is 61.1 cm³/mol. The van der Waals surface area contributed by atoms with Gasteiger partial charge in [-0.25, -0.2) is 17.9 Å². The number of sulfonamides is 1. The van der Waals surface area contributed by atoms with Gasteiger partial charge in [0, 0.05) is 12.7 Å². The van der Waals surface area contributed by atoms with Gasteiger partial charge in [0.1, 0.15) is 0 Å². The molecule has 1 aromatic carbocycles. The summed E-state index contributed by atoms with van der Waals surface area (Å²) in [6.07, 6.45) is 0. The maximum atomic E-state index is 11.5. The number of carbonyl (C=O) groups excluding carboxylic acids is 1. The van der Waals surface area contributed by atoms with Crippen molar-refractivity contribution in [3.05, 3.63) is 29.8 Å². The fraction of sp³-hybridized carbons (Fsp3) is 0.222. The molecule has 0 spiro atoms. The summed E-state index contributed by atoms with van der Waals surface area (Å²) in [4.78, 5) is 10.9. The van der Waals surface area contributed by atoms with Crippen molar-refractivity contribution in [3.63, 3.8) is 0 Å². The zero-order chi connectivity index (χ0) is 12.2. The van der Waals surface area contributed by atoms with Crippen molar-refractivity contribution in [2.45, 2.75) is 5.75 Å². The van der Waals surface area contributed by atoms with Gasteiger partial charge < -0.3 is 11.1 Å². The molecule has 0 aliphatic rings. The lowest BCUT2D eigenvalue weighted by molar-refractivity contribution is 0.248. The molecule has 4 N–H and O–H groups in total. The normalized spacial score (nSPS) is 10.8. The Bertz CT molecular complexity index is 485. The van der Waals surface area contributed by atoms with Gasteiger partial charge in [0.2, 0.25) is 10.0 Å². The minimum atomic E-state index is -3.68. The Morgan fingerprint density at radius 1 is 1.44 bits per heavy atom. The van der Waals surface area contributed by atoms with Gasteiger partial charge in [0.25, 0.3) is 0 Å². The molecule has 1 rings (SSSR count). The van der Waals surface area contributed by atoms with Gasteiger partial charge in [-0.3, -0.25) is 0 Å². The average Bonchev–Trinajstić information content (AvgIpc) is 2.15. The second-order valence-electron chi connectivity index (χ2n) is 3.19. The summed E-state index contributed by atoms with van der Waals surface area (Å²) in [6.45, 7) is 0. The molecule has 16 heavy (non-hydrogen) atoms. The number of nitrogens with one attached hydrogen (secondary N) is 2. The second-order valence-corrected chi connectivity index (χ2v) is 4.91. The quantitative estimate of drug-likeness (QED) is 0.652. The summed E-state index contributed by atoms with van der Waals surface area (Å²) in [5, 5.41) is 2.16. The number of carbonyl (C=O) groups is 1. The molecule has 0 radical (unpaired) electrons. The molecule has 6 nitrogen and oxygen atoms in total. The lowest BCUT2D eigenvalue weighted by Gasteiger charge is -2.06. The predicted octanol–water partition coefficient (Wildman–Crippen LogP) is 0.0276. The van der Waals surface area contributed by atoms with Gasteiger partial charge in [-0.05, 0) is 17.7 Å². The molecule has 0 atom stereocenters. The summed E-state index contributed by atoms with van der Waals surface area (Å²) < 4.78 is 24.8. The molecular weight excluding hydrogens is 230 g/mol. The standard InChI is InChI=1S/C9H13N3O3S/c1-11-9(13)12-16(14,15)6-7-3-2-4-8(10)5-7/h2-5H,6,10H2,1H3,(H2,11,12,13). The van der Waals surface area contributed by atoms with E-state index in [-0.39, 0.29) is 5.75 Å². The largest absolute Gasteiger partial charge is 0.399 e. The van der Waals surface area contributed by atoms with E-state index in [9.17, 15) is 13.2 Å². The van der Waals surface area contributed by atoms with E-state index >= 15 is 0 Å². The van der Waals surface area contributed by atoms with Crippen LogP contribution in [0, 0.1) is 0 Å². The number of urea groups is 1. The van der Waals surface area contributed by atoms with Crippen molar-refractivity contribution in [2.75, 3.05) is 12.8 Å². The zero-order valence-electron chi connectivity index (χ0n) is 8.73. The van der Waals surface area contributed by atoms with Crippen LogP contribution in [0.1, 0.15) is 5.56 Å². The zero-order valence-corrected chi connectivity index (χ0v) is 9.54. The Labute approximate surface area is 93.9 Å². The minimum absolute atomic E-state index is 0.286. The molecular formula is C9H13N3O3S. The van der Waals surface area contributed by atoms with Gasteiger partial charge in [0.05, 0.1) is 5.75 Å². The van der Waals surface area contributed by atoms with Crippen LogP contribution in [0.25, 0.3) is 0 Å². The van der Waals surface area contributed by atoms with Crippen LogP contribution in [0.15, 0.2) is 24.3 Å². The van der Waals surface area contributed by atoms with Crippen molar-refractivity contribution in [1.29, 1.82) is 0 Å². The number of rotatable bonds is 3. The number of nitrogen functional groups attached to an aromatic ring is 1. The lowest BCUT2D eigenvalue weighted by atomic mass is 10.2. The first-order valence-corrected chi connectivity index (χ1v) is 6.15. The average molecular weight is 243 g/mol. The van der Waals surface area contributed by atoms with Crippen LogP contribution in [0.5, 0.6) is 0 Å². The van der Waals surface area contributed by atoms with Crippen LogP contribution >= 0.6 is 0 Å². The van der Waals surface area contributed by atoms with Crippen LogP contribution in [0.4, 0.5) is 10.5 Å². The Morgan fingerprint density at radius 3 is 2.69 bits per heavy atom. The molecule has 0 heterocycles. The van der Waals surface area contributed by atoms with Crippen LogP contribution in [-0.4, -0.2) is 21.5 Å². The SMILES string of the molecule is CNC(=O)NS(=O)(=O)Cc1cccc(N)c1. The van der Waals surface area contributed by atoms with Gasteiger partial charge in [0.15, 0.2) is 0 Å². The van der Waals surface area contributed by atoms with E-state index in [1.165, 1.54) is 7.05 Å². The van der Waals surface area contributed by atoms with Crippen molar-refractivity contribution in [3.8, 4) is 0 Å². The summed E-state index contributed by atoms with van der Waals surface area (Å²) in [6, 6.07) is 5.72. The molecule has 0 saturated carbocycles. The molecule has 0 aliphatic carbocycles. The Kier molecular flexibility index (Phi) is 3.73. The van der Waals surface area contributed by atoms with Gasteiger partial charge in [-0.1, -0.05) is 12.1 Å². The number of anilines is 1. The van der Waals surface area contributed by atoms with Crippen LogP contribution in [-0.2, 0) is 15.8 Å². The van der Waals surface area contributed by atoms with Crippen LogP contribution in [0.2, 0.25) is 0 Å². The summed E-state index contributed by atoms with van der Waals surface area (Å²) in [5.41, 5.74) is 6.51. The van der Waals surface area contributed by atoms with E-state index in [1.807, 2.05) is 4.72 Å². The third-order valence-corrected chi connectivity index (χ3v) is 2.99. The monoisotopic (exact) mass is 243 g/mol. The van der Waals surface area contributed by atoms with E-state index in [4.69, 9.17) is 5.73 Å². The van der Waals surface area contributed by atoms with Gasteiger partial charge in [-0.2, -0.15) is 0 Å². The highest BCUT2D eigenvalue weighted by Crippen LogP contribution is 2.09. The molecule has 0 aliphatic heterocycles. The van der Waals surface area contributed by atoms with Gasteiger partial charge >= 0.3 is 6.03 Å². The highest BCUT2D eigenvalue weighted by molar-refractivity contribution is 7.89. The number of amides is 2. The van der Waals surface area contributed by atoms with Gasteiger partial charge in [-0.15, -0.1) is 0 Å². The first-order chi connectivity index (χ1) is 7.43. The Balaban J connectivity index is 2.77. The molecule has 2 amide bonds. The Hall–Kier alpha value is -1.76. The topological polar surface area (TPSA) is 101 Å². The first-order valence-electron chi connectivity index (χ1n) is 4.49. The van der Waals surface area contributed by atoms with Crippen LogP contribution < -0.4 is 15.8 Å². The van der Waals surface area contributed by atoms with Crippen LogP contribution in [0.3, 0.4) is 0 Å². The molecule has 0 aromatic heterocycles. The summed E-state index contributed by atoms with van der Waals surface area (Å²) in [7, 11) is -2.34. The fourth-order valence-electron chi connectivity index (χ4n) is 1.13. The molecule has 0 saturated heterocycles. The minimum Gasteiger partial charge on any atom is -0.399 e. The number of hydrogen-bond acceptors (Lipinski definition) is 4. The molecule has 0 fully saturated rings. The van der Waals surface area contributed by atoms with Crippen molar-refractivity contribution >= 4 is 21.7 Å². The summed E-state index contributed by atoms with van der Waals surface area (Å²) in [5.74, 6) is -0.286. The highest BCUT2D eigenvalue weighted by Gasteiger charge is 2.14. The van der Waals surface area contributed by atoms with E-state index in [0.29, 0.717) is 11.3 Å². The fourth-order valence-corrected chi connectivity index (χ4v) is 2.21. The Morgan fingerprint density at radius 2 is 2.12 bits per heavy atom. The van der Waals surface area contributed by atoms with E-state index in [2.05, 4.69) is 5.32 Å².